The number of carbonyl (C=O) groups is 1. The first kappa shape index (κ1) is 22.3. The lowest BCUT2D eigenvalue weighted by molar-refractivity contribution is -0.145. The van der Waals surface area contributed by atoms with Crippen molar-refractivity contribution in [3.05, 3.63) is 64.8 Å². The van der Waals surface area contributed by atoms with Gasteiger partial charge in [-0.3, -0.25) is 4.79 Å². The van der Waals surface area contributed by atoms with E-state index in [1.807, 2.05) is 18.2 Å². The van der Waals surface area contributed by atoms with Crippen molar-refractivity contribution < 1.29 is 14.3 Å². The van der Waals surface area contributed by atoms with E-state index in [0.29, 0.717) is 54.0 Å². The van der Waals surface area contributed by atoms with Gasteiger partial charge in [0.1, 0.15) is 6.61 Å². The van der Waals surface area contributed by atoms with Gasteiger partial charge in [0, 0.05) is 18.7 Å². The molecule has 7 heteroatoms. The van der Waals surface area contributed by atoms with E-state index in [0.717, 1.165) is 0 Å². The molecule has 0 spiro atoms. The number of nitrogens with one attached hydrogen (secondary N) is 1. The fraction of sp³-hybridized carbons (Fsp3) is 0.316. The van der Waals surface area contributed by atoms with Crippen molar-refractivity contribution in [1.82, 2.24) is 0 Å². The molecule has 0 radical (unpaired) electrons. The summed E-state index contributed by atoms with van der Waals surface area (Å²) >= 11 is 12.2. The molecule has 0 fully saturated rings. The number of hydrogen-bond donors (Lipinski definition) is 2. The van der Waals surface area contributed by atoms with Gasteiger partial charge >= 0.3 is 5.97 Å². The molecule has 0 aromatic heterocycles. The topological polar surface area (TPSA) is 73.6 Å². The van der Waals surface area contributed by atoms with E-state index in [2.05, 4.69) is 11.9 Å². The number of allylic oxidation sites excluding steroid dienone is 4. The third-order valence-electron chi connectivity index (χ3n) is 3.06. The average Bonchev–Trinajstić information content (AvgIpc) is 2.61. The van der Waals surface area contributed by atoms with Gasteiger partial charge in [0.15, 0.2) is 0 Å². The highest BCUT2D eigenvalue weighted by atomic mass is 35.5. The minimum absolute atomic E-state index is 0.249. The second kappa shape index (κ2) is 13.4. The molecule has 1 aromatic carbocycles. The highest BCUT2D eigenvalue weighted by Gasteiger charge is 2.04. The summed E-state index contributed by atoms with van der Waals surface area (Å²) in [6.07, 6.45) is 8.20. The number of halogens is 2. The second-order valence-corrected chi connectivity index (χ2v) is 6.01. The molecule has 0 aliphatic carbocycles. The van der Waals surface area contributed by atoms with E-state index in [4.69, 9.17) is 38.4 Å². The van der Waals surface area contributed by atoms with Gasteiger partial charge < -0.3 is 20.5 Å². The fourth-order valence-electron chi connectivity index (χ4n) is 1.84. The zero-order valence-corrected chi connectivity index (χ0v) is 16.1. The van der Waals surface area contributed by atoms with Crippen LogP contribution in [0.4, 0.5) is 5.69 Å². The first-order valence-corrected chi connectivity index (χ1v) is 8.96. The van der Waals surface area contributed by atoms with Crippen LogP contribution in [0.1, 0.15) is 12.8 Å². The van der Waals surface area contributed by atoms with Crippen LogP contribution < -0.4 is 11.1 Å². The molecular formula is C19H24Cl2N2O3. The molecule has 26 heavy (non-hydrogen) atoms. The van der Waals surface area contributed by atoms with Gasteiger partial charge in [-0.1, -0.05) is 54.1 Å². The molecule has 0 unspecified atom stereocenters. The zero-order chi connectivity index (χ0) is 19.2. The summed E-state index contributed by atoms with van der Waals surface area (Å²) in [5.74, 6) is -0.255. The van der Waals surface area contributed by atoms with Crippen LogP contribution in [0.15, 0.2) is 54.8 Å². The molecule has 0 aliphatic rings. The first-order chi connectivity index (χ1) is 12.5. The van der Waals surface area contributed by atoms with Crippen LogP contribution in [0.5, 0.6) is 0 Å². The van der Waals surface area contributed by atoms with E-state index in [-0.39, 0.29) is 12.6 Å². The molecule has 3 N–H and O–H groups in total. The van der Waals surface area contributed by atoms with E-state index < -0.39 is 0 Å². The van der Waals surface area contributed by atoms with Crippen molar-refractivity contribution in [1.29, 1.82) is 0 Å². The largest absolute Gasteiger partial charge is 0.463 e. The van der Waals surface area contributed by atoms with Crippen LogP contribution in [-0.4, -0.2) is 32.3 Å². The Labute approximate surface area is 164 Å². The van der Waals surface area contributed by atoms with Gasteiger partial charge in [-0.25, -0.2) is 0 Å². The van der Waals surface area contributed by atoms with Crippen molar-refractivity contribution in [3.63, 3.8) is 0 Å². The summed E-state index contributed by atoms with van der Waals surface area (Å²) in [4.78, 5) is 11.5. The Balaban J connectivity index is 2.22. The predicted molar refractivity (Wildman–Crippen MR) is 108 cm³/mol. The number of esters is 1. The molecule has 1 aromatic rings. The number of rotatable bonds is 12. The maximum atomic E-state index is 11.5. The van der Waals surface area contributed by atoms with E-state index in [1.165, 1.54) is 0 Å². The SMILES string of the molecule is C=C(/C=C\C=C/CCC(=O)OCCOCCN)Nc1c(Cl)cccc1Cl. The van der Waals surface area contributed by atoms with E-state index >= 15 is 0 Å². The molecule has 142 valence electrons. The number of carbonyl (C=O) groups excluding carboxylic acids is 1. The minimum Gasteiger partial charge on any atom is -0.463 e. The number of benzene rings is 1. The Bertz CT molecular complexity index is 625. The summed E-state index contributed by atoms with van der Waals surface area (Å²) < 4.78 is 10.1. The van der Waals surface area contributed by atoms with Crippen LogP contribution in [0.25, 0.3) is 0 Å². The maximum Gasteiger partial charge on any atom is 0.306 e. The highest BCUT2D eigenvalue weighted by Crippen LogP contribution is 2.30. The fourth-order valence-corrected chi connectivity index (χ4v) is 2.33. The van der Waals surface area contributed by atoms with Gasteiger partial charge in [-0.15, -0.1) is 0 Å². The Morgan fingerprint density at radius 1 is 1.19 bits per heavy atom. The molecule has 0 saturated carbocycles. The van der Waals surface area contributed by atoms with Crippen molar-refractivity contribution in [3.8, 4) is 0 Å². The normalized spacial score (nSPS) is 11.2. The Morgan fingerprint density at radius 2 is 1.92 bits per heavy atom. The Hall–Kier alpha value is -1.79. The smallest absolute Gasteiger partial charge is 0.306 e. The molecule has 0 heterocycles. The summed E-state index contributed by atoms with van der Waals surface area (Å²) in [6.45, 7) is 5.43. The standard InChI is InChI=1S/C19H24Cl2N2O3/c1-15(23-19-16(20)8-6-9-17(19)21)7-4-2-3-5-10-18(24)26-14-13-25-12-11-22/h2-4,6-9,23H,1,5,10-14,22H2/b3-2-,7-4-. The summed E-state index contributed by atoms with van der Waals surface area (Å²) in [5, 5.41) is 4.10. The van der Waals surface area contributed by atoms with Crippen LogP contribution >= 0.6 is 23.2 Å². The first-order valence-electron chi connectivity index (χ1n) is 8.21. The zero-order valence-electron chi connectivity index (χ0n) is 14.5. The van der Waals surface area contributed by atoms with Crippen molar-refractivity contribution in [2.24, 2.45) is 5.73 Å². The maximum absolute atomic E-state index is 11.5. The summed E-state index contributed by atoms with van der Waals surface area (Å²) in [5.41, 5.74) is 6.54. The number of anilines is 1. The lowest BCUT2D eigenvalue weighted by atomic mass is 10.2. The molecule has 1 rings (SSSR count). The molecular weight excluding hydrogens is 375 g/mol. The third-order valence-corrected chi connectivity index (χ3v) is 3.69. The van der Waals surface area contributed by atoms with E-state index in [9.17, 15) is 4.79 Å². The Kier molecular flexibility index (Phi) is 11.5. The summed E-state index contributed by atoms with van der Waals surface area (Å²) in [6, 6.07) is 5.27. The van der Waals surface area contributed by atoms with E-state index in [1.54, 1.807) is 24.3 Å². The van der Waals surface area contributed by atoms with Gasteiger partial charge in [-0.2, -0.15) is 0 Å². The molecule has 0 bridgehead atoms. The molecule has 5 nitrogen and oxygen atoms in total. The van der Waals surface area contributed by atoms with Gasteiger partial charge in [-0.05, 0) is 24.6 Å². The number of hydrogen-bond acceptors (Lipinski definition) is 5. The van der Waals surface area contributed by atoms with Crippen molar-refractivity contribution in [2.75, 3.05) is 31.7 Å². The molecule has 0 atom stereocenters. The number of ether oxygens (including phenoxy) is 2. The second-order valence-electron chi connectivity index (χ2n) is 5.19. The van der Waals surface area contributed by atoms with Crippen LogP contribution in [0, 0.1) is 0 Å². The monoisotopic (exact) mass is 398 g/mol. The minimum atomic E-state index is -0.255. The van der Waals surface area contributed by atoms with Crippen molar-refractivity contribution in [2.45, 2.75) is 12.8 Å². The molecule has 0 aliphatic heterocycles. The van der Waals surface area contributed by atoms with Crippen LogP contribution in [0.2, 0.25) is 10.0 Å². The van der Waals surface area contributed by atoms with Crippen LogP contribution in [-0.2, 0) is 14.3 Å². The van der Waals surface area contributed by atoms with Crippen molar-refractivity contribution >= 4 is 34.9 Å². The highest BCUT2D eigenvalue weighted by molar-refractivity contribution is 6.39. The number of nitrogens with two attached hydrogens (primary N) is 1. The molecule has 0 saturated heterocycles. The summed E-state index contributed by atoms with van der Waals surface area (Å²) in [7, 11) is 0. The predicted octanol–water partition coefficient (Wildman–Crippen LogP) is 4.33. The average molecular weight is 399 g/mol. The number of para-hydroxylation sites is 1. The van der Waals surface area contributed by atoms with Gasteiger partial charge in [0.2, 0.25) is 0 Å². The Morgan fingerprint density at radius 3 is 2.62 bits per heavy atom. The lowest BCUT2D eigenvalue weighted by Crippen LogP contribution is -2.14. The van der Waals surface area contributed by atoms with Gasteiger partial charge in [0.05, 0.1) is 28.9 Å². The lowest BCUT2D eigenvalue weighted by Gasteiger charge is -2.09. The van der Waals surface area contributed by atoms with Crippen LogP contribution in [0.3, 0.4) is 0 Å². The third kappa shape index (κ3) is 9.63. The van der Waals surface area contributed by atoms with Gasteiger partial charge in [0.25, 0.3) is 0 Å². The quantitative estimate of drug-likeness (QED) is 0.311. The molecule has 0 amide bonds.